The van der Waals surface area contributed by atoms with Crippen LogP contribution in [0.1, 0.15) is 111 Å². The van der Waals surface area contributed by atoms with Crippen molar-refractivity contribution in [3.8, 4) is 0 Å². The Morgan fingerprint density at radius 2 is 0.807 bits per heavy atom. The number of piperazine rings is 3. The number of nitrogens with one attached hydrogen (secondary N) is 11. The number of carbonyl (C=O) groups is 6. The average Bonchev–Trinajstić information content (AvgIpc) is 1.14. The maximum Gasteiger partial charge on any atom is 0.320 e. The van der Waals surface area contributed by atoms with E-state index in [0.717, 1.165) is 153 Å². The van der Waals surface area contributed by atoms with Gasteiger partial charge in [-0.15, -0.1) is 0 Å². The number of amides is 4. The number of carboxylic acids is 1. The molecule has 3 aliphatic carbocycles. The topological polar surface area (TPSA) is 408 Å². The van der Waals surface area contributed by atoms with Crippen molar-refractivity contribution in [1.29, 1.82) is 0 Å². The number of carbonyl (C=O) groups excluding carboxylic acids is 5. The first-order valence-electron chi connectivity index (χ1n) is 38.8. The minimum absolute atomic E-state index is 0.0247. The summed E-state index contributed by atoms with van der Waals surface area (Å²) in [5.41, 5.74) is 8.00. The lowest BCUT2D eigenvalue weighted by Crippen LogP contribution is -2.49. The van der Waals surface area contributed by atoms with Crippen molar-refractivity contribution in [2.75, 3.05) is 147 Å². The number of likely N-dealkylation sites (N-methyl/N-ethyl adjacent to an activating group) is 1. The van der Waals surface area contributed by atoms with Gasteiger partial charge in [0.15, 0.2) is 17.5 Å². The number of esters is 1. The number of aromatic amines is 3. The van der Waals surface area contributed by atoms with Crippen molar-refractivity contribution < 1.29 is 38.6 Å². The van der Waals surface area contributed by atoms with E-state index in [1.54, 1.807) is 13.1 Å². The summed E-state index contributed by atoms with van der Waals surface area (Å²) in [5, 5.41) is 55.3. The number of H-pyrrole nitrogens is 3. The van der Waals surface area contributed by atoms with Crippen LogP contribution in [0.2, 0.25) is 5.15 Å². The Bertz CT molecular complexity index is 4730. The number of aromatic nitrogens is 12. The molecule has 9 heterocycles. The molecule has 9 aromatic rings. The zero-order valence-electron chi connectivity index (χ0n) is 65.5. The van der Waals surface area contributed by atoms with Gasteiger partial charge in [-0.3, -0.25) is 58.8 Å². The zero-order valence-corrected chi connectivity index (χ0v) is 66.3. The molecule has 6 aliphatic rings. The summed E-state index contributed by atoms with van der Waals surface area (Å²) in [6, 6.07) is 34.5. The first kappa shape index (κ1) is 82.0. The third-order valence-electron chi connectivity index (χ3n) is 19.1. The van der Waals surface area contributed by atoms with Gasteiger partial charge in [-0.05, 0) is 133 Å². The van der Waals surface area contributed by atoms with Gasteiger partial charge in [0.2, 0.25) is 23.6 Å². The van der Waals surface area contributed by atoms with Crippen LogP contribution >= 0.6 is 11.6 Å². The Labute approximate surface area is 667 Å². The number of nitrogens with zero attached hydrogens (tertiary/aromatic N) is 14. The molecule has 3 saturated heterocycles. The van der Waals surface area contributed by atoms with Crippen LogP contribution in [0.4, 0.5) is 63.6 Å². The van der Waals surface area contributed by atoms with E-state index in [4.69, 9.17) is 41.4 Å². The molecular weight excluding hydrogens is 1470 g/mol. The summed E-state index contributed by atoms with van der Waals surface area (Å²) in [6.45, 7) is 21.9. The van der Waals surface area contributed by atoms with Crippen LogP contribution in [0.15, 0.2) is 109 Å². The molecule has 0 unspecified atom stereocenters. The van der Waals surface area contributed by atoms with E-state index < -0.39 is 5.97 Å². The fourth-order valence-corrected chi connectivity index (χ4v) is 12.8. The maximum absolute atomic E-state index is 12.0. The van der Waals surface area contributed by atoms with Crippen LogP contribution in [0.3, 0.4) is 0 Å². The van der Waals surface area contributed by atoms with Crippen molar-refractivity contribution in [3.63, 3.8) is 0 Å². The number of anilines is 11. The third kappa shape index (κ3) is 26.6. The summed E-state index contributed by atoms with van der Waals surface area (Å²) in [6.07, 6.45) is 7.50. The Morgan fingerprint density at radius 3 is 1.14 bits per heavy atom. The van der Waals surface area contributed by atoms with Crippen molar-refractivity contribution in [3.05, 3.63) is 166 Å². The number of aryl methyl sites for hydroxylation is 3. The van der Waals surface area contributed by atoms with Gasteiger partial charge in [0, 0.05) is 193 Å². The number of aliphatic carboxylic acids is 1. The Balaban J connectivity index is 0.000000147. The van der Waals surface area contributed by atoms with Crippen LogP contribution < -0.4 is 52.3 Å². The highest BCUT2D eigenvalue weighted by molar-refractivity contribution is 6.29. The van der Waals surface area contributed by atoms with Gasteiger partial charge in [0.25, 0.3) is 0 Å². The molecule has 0 bridgehead atoms. The molecule has 602 valence electrons. The number of ether oxygens (including phenoxy) is 1. The standard InChI is InChI=1S/C26H33N9O2.C25H30N8O3.C19H19ClN6O.C10H20N2O2/c1-17-13-23(33-32-17)30-22-15-24(35-11-9-34(10-12-35)16-25(36)27-2)31-21(29-22)14-18-3-7-20(8-4-18)28-26(37)19-5-6-19;1-16-12-22(31-30-16)28-21-14-23(33-10-8-32(9-11-33)15-24(34)35)29-20(27-21)13-17-2-6-19(7-3-17)26-25(36)18-4-5-18;1-11-8-18(26-25-11)24-17-10-15(20)22-16(23-17)9-12-2-6-14(7-3-12)21-19(27)13-4-5-13;1-10(2,3)14-9(13)8-12-6-4-11-5-7-12/h3-4,7-8,13,15,19H,5-6,9-12,14,16H2,1-2H3,(H,27,36)(H,28,37)(H2,29,30,31,32,33);2-3,6-7,12,14,18H,4-5,8-11,13,15H2,1H3,(H,26,36)(H,34,35)(H2,27,28,29,30,31);2-3,6-8,10,13H,4-5,9H2,1H3,(H,21,27)(H2,22,23,24,25,26);11H,4-8H2,1-3H3. The highest BCUT2D eigenvalue weighted by Gasteiger charge is 2.32. The minimum Gasteiger partial charge on any atom is -0.480 e. The monoisotopic (exact) mass is 1580 g/mol. The first-order valence-corrected chi connectivity index (χ1v) is 39.1. The van der Waals surface area contributed by atoms with Crippen molar-refractivity contribution in [1.82, 2.24) is 85.8 Å². The predicted octanol–water partition coefficient (Wildman–Crippen LogP) is 8.53. The molecule has 12 N–H and O–H groups in total. The maximum atomic E-state index is 12.0. The molecule has 0 spiro atoms. The molecule has 3 saturated carbocycles. The second-order valence-electron chi connectivity index (χ2n) is 30.3. The van der Waals surface area contributed by atoms with E-state index in [1.807, 2.05) is 150 Å². The molecule has 4 amide bonds. The molecule has 3 aromatic carbocycles. The molecule has 0 radical (unpaired) electrons. The fourth-order valence-electron chi connectivity index (χ4n) is 12.6. The zero-order chi connectivity index (χ0) is 80.3. The fraction of sp³-hybridized carbons (Fsp3) is 0.438. The smallest absolute Gasteiger partial charge is 0.320 e. The molecule has 34 heteroatoms. The van der Waals surface area contributed by atoms with Gasteiger partial charge in [-0.2, -0.15) is 15.3 Å². The van der Waals surface area contributed by atoms with Gasteiger partial charge in [-0.1, -0.05) is 48.0 Å². The van der Waals surface area contributed by atoms with Gasteiger partial charge in [-0.25, -0.2) is 29.9 Å². The van der Waals surface area contributed by atoms with Crippen LogP contribution in [0.25, 0.3) is 0 Å². The number of carboxylic acid groups (broad SMARTS) is 1. The van der Waals surface area contributed by atoms with Crippen LogP contribution in [0.5, 0.6) is 0 Å². The normalized spacial score (nSPS) is 15.8. The summed E-state index contributed by atoms with van der Waals surface area (Å²) in [4.78, 5) is 109. The highest BCUT2D eigenvalue weighted by atomic mass is 35.5. The van der Waals surface area contributed by atoms with Gasteiger partial charge >= 0.3 is 11.9 Å². The average molecular weight is 1580 g/mol. The van der Waals surface area contributed by atoms with E-state index in [-0.39, 0.29) is 59.5 Å². The Kier molecular flexibility index (Phi) is 27.9. The van der Waals surface area contributed by atoms with Crippen molar-refractivity contribution >= 4 is 111 Å². The van der Waals surface area contributed by atoms with Crippen LogP contribution in [-0.2, 0) is 52.8 Å². The van der Waals surface area contributed by atoms with Gasteiger partial charge in [0.05, 0.1) is 19.6 Å². The van der Waals surface area contributed by atoms with Crippen molar-refractivity contribution in [2.24, 2.45) is 17.8 Å². The lowest BCUT2D eigenvalue weighted by molar-refractivity contribution is -0.156. The van der Waals surface area contributed by atoms with Crippen molar-refractivity contribution in [2.45, 2.75) is 105 Å². The van der Waals surface area contributed by atoms with Crippen LogP contribution in [-0.4, -0.2) is 227 Å². The quantitative estimate of drug-likeness (QED) is 0.0178. The summed E-state index contributed by atoms with van der Waals surface area (Å²) in [7, 11) is 1.66. The Morgan fingerprint density at radius 1 is 0.456 bits per heavy atom. The van der Waals surface area contributed by atoms with E-state index in [9.17, 15) is 28.8 Å². The second kappa shape index (κ2) is 38.8. The molecular formula is C80H102ClN25O8. The predicted molar refractivity (Wildman–Crippen MR) is 437 cm³/mol. The summed E-state index contributed by atoms with van der Waals surface area (Å²) in [5.74, 6) is 7.42. The second-order valence-corrected chi connectivity index (χ2v) is 30.7. The Hall–Kier alpha value is -11.5. The van der Waals surface area contributed by atoms with Crippen LogP contribution in [0, 0.1) is 38.5 Å². The molecule has 6 aromatic heterocycles. The third-order valence-corrected chi connectivity index (χ3v) is 19.3. The molecule has 0 atom stereocenters. The van der Waals surface area contributed by atoms with E-state index >= 15 is 0 Å². The molecule has 6 fully saturated rings. The largest absolute Gasteiger partial charge is 0.480 e. The molecule has 33 nitrogen and oxygen atoms in total. The highest BCUT2D eigenvalue weighted by Crippen LogP contribution is 2.33. The van der Waals surface area contributed by atoms with E-state index in [1.165, 1.54) is 0 Å². The molecule has 3 aliphatic heterocycles. The SMILES string of the molecule is CC(C)(C)OC(=O)CN1CCNCC1.CNC(=O)CN1CCN(c2cc(Nc3cc(C)[nH]n3)nc(Cc3ccc(NC(=O)C4CC4)cc3)n2)CC1.Cc1cc(Nc2cc(Cl)nc(Cc3ccc(NC(=O)C4CC4)cc3)n2)n[nH]1.Cc1cc(Nc2cc(N3CCN(CC(=O)O)CC3)nc(Cc3ccc(NC(=O)C4CC4)cc3)n2)n[nH]1. The summed E-state index contributed by atoms with van der Waals surface area (Å²) < 4.78 is 5.24. The van der Waals surface area contributed by atoms with Gasteiger partial charge in [0.1, 0.15) is 57.3 Å². The number of benzene rings is 3. The lowest BCUT2D eigenvalue weighted by Gasteiger charge is -2.35. The van der Waals surface area contributed by atoms with Gasteiger partial charge < -0.3 is 62.2 Å². The number of hydrogen-bond acceptors (Lipinski definition) is 25. The number of rotatable bonds is 26. The van der Waals surface area contributed by atoms with E-state index in [0.29, 0.717) is 116 Å². The first-order chi connectivity index (χ1) is 54.9. The summed E-state index contributed by atoms with van der Waals surface area (Å²) >= 11 is 6.14. The molecule has 15 rings (SSSR count). The van der Waals surface area contributed by atoms with E-state index in [2.05, 4.69) is 103 Å². The minimum atomic E-state index is -0.813. The number of halogens is 1. The number of hydrogen-bond donors (Lipinski definition) is 12. The lowest BCUT2D eigenvalue weighted by atomic mass is 10.1. The molecule has 114 heavy (non-hydrogen) atoms.